The number of hydrogen-bond acceptors (Lipinski definition) is 16. The normalized spacial score (nSPS) is 17.9. The van der Waals surface area contributed by atoms with Gasteiger partial charge in [-0.05, 0) is 114 Å². The third-order valence-electron chi connectivity index (χ3n) is 15.3. The Morgan fingerprint density at radius 3 is 1.53 bits per heavy atom. The maximum atomic E-state index is 14.1. The van der Waals surface area contributed by atoms with E-state index in [2.05, 4.69) is 49.2 Å². The number of Topliss-reactive ketones (excluding diaryl/α,β-unsaturated/α-hetero) is 1. The van der Waals surface area contributed by atoms with Gasteiger partial charge in [0.25, 0.3) is 5.78 Å². The summed E-state index contributed by atoms with van der Waals surface area (Å²) in [4.78, 5) is 157. The van der Waals surface area contributed by atoms with Crippen LogP contribution in [-0.2, 0) is 65.6 Å². The number of carboxylic acid groups (broad SMARTS) is 6. The largest absolute Gasteiger partial charge is 0.481 e. The van der Waals surface area contributed by atoms with Gasteiger partial charge in [-0.3, -0.25) is 62.8 Å². The summed E-state index contributed by atoms with van der Waals surface area (Å²) in [6.45, 7) is 0.730. The zero-order valence-corrected chi connectivity index (χ0v) is 50.9. The van der Waals surface area contributed by atoms with Crippen molar-refractivity contribution >= 4 is 105 Å². The van der Waals surface area contributed by atoms with Crippen LogP contribution in [0.25, 0.3) is 10.8 Å². The number of carboxylic acids is 6. The van der Waals surface area contributed by atoms with Gasteiger partial charge in [0.05, 0.1) is 26.2 Å². The fraction of sp³-hybridized carbons (Fsp3) is 0.525. The highest BCUT2D eigenvalue weighted by Gasteiger charge is 2.33. The van der Waals surface area contributed by atoms with Crippen molar-refractivity contribution in [2.24, 2.45) is 11.8 Å². The first-order valence-electron chi connectivity index (χ1n) is 29.1. The first kappa shape index (κ1) is 70.9. The zero-order chi connectivity index (χ0) is 64.3. The molecule has 1 aliphatic heterocycles. The summed E-state index contributed by atoms with van der Waals surface area (Å²) in [7, 11) is 0. The Balaban J connectivity index is 1.18. The summed E-state index contributed by atoms with van der Waals surface area (Å²) >= 11 is 2.16. The minimum Gasteiger partial charge on any atom is -0.481 e. The van der Waals surface area contributed by atoms with Crippen LogP contribution in [0.2, 0.25) is 0 Å². The van der Waals surface area contributed by atoms with Crippen LogP contribution in [0, 0.1) is 15.4 Å². The first-order chi connectivity index (χ1) is 41.9. The van der Waals surface area contributed by atoms with E-state index in [1.807, 2.05) is 72.0 Å². The molecule has 4 atom stereocenters. The van der Waals surface area contributed by atoms with Crippen molar-refractivity contribution in [2.45, 2.75) is 94.8 Å². The Kier molecular flexibility index (Phi) is 29.4. The number of nitrogens with one attached hydrogen (secondary N) is 6. The van der Waals surface area contributed by atoms with Crippen LogP contribution in [-0.4, -0.2) is 237 Å². The second-order valence-electron chi connectivity index (χ2n) is 22.1. The van der Waals surface area contributed by atoms with Crippen LogP contribution in [0.3, 0.4) is 0 Å². The summed E-state index contributed by atoms with van der Waals surface area (Å²) < 4.78 is 0.963. The summed E-state index contributed by atoms with van der Waals surface area (Å²) in [5.74, 6) is -11.7. The summed E-state index contributed by atoms with van der Waals surface area (Å²) in [6.07, 6.45) is 1.34. The number of halogens is 1. The second-order valence-corrected chi connectivity index (χ2v) is 23.3. The maximum absolute atomic E-state index is 14.1. The number of rotatable bonds is 32. The lowest BCUT2D eigenvalue weighted by molar-refractivity contribution is -0.150. The van der Waals surface area contributed by atoms with Crippen LogP contribution in [0.4, 0.5) is 4.79 Å². The van der Waals surface area contributed by atoms with E-state index in [1.165, 1.54) is 0 Å². The van der Waals surface area contributed by atoms with Gasteiger partial charge < -0.3 is 62.5 Å². The second kappa shape index (κ2) is 36.4. The molecule has 28 nitrogen and oxygen atoms in total. The Labute approximate surface area is 521 Å². The highest BCUT2D eigenvalue weighted by atomic mass is 127. The average Bonchev–Trinajstić information content (AvgIpc) is 2.74. The fourth-order valence-corrected chi connectivity index (χ4v) is 10.9. The molecule has 480 valence electrons. The van der Waals surface area contributed by atoms with Crippen LogP contribution in [0.15, 0.2) is 66.7 Å². The number of aliphatic carboxylic acids is 6. The van der Waals surface area contributed by atoms with Crippen LogP contribution >= 0.6 is 22.6 Å². The Hall–Kier alpha value is -7.87. The smallest absolute Gasteiger partial charge is 0.374 e. The number of carbonyl (C=O) groups is 12. The average molecular weight is 1340 g/mol. The lowest BCUT2D eigenvalue weighted by Gasteiger charge is -2.33. The van der Waals surface area contributed by atoms with E-state index in [9.17, 15) is 78.0 Å². The maximum Gasteiger partial charge on any atom is 0.374 e. The molecule has 0 radical (unpaired) electrons. The summed E-state index contributed by atoms with van der Waals surface area (Å²) in [5.41, 5.74) is 1.55. The molecule has 1 aliphatic carbocycles. The molecule has 6 amide bonds. The van der Waals surface area contributed by atoms with Gasteiger partial charge in [0.15, 0.2) is 0 Å². The predicted octanol–water partition coefficient (Wildman–Crippen LogP) is 0.523. The molecular formula is C59H79IN10O18. The molecule has 0 bridgehead atoms. The van der Waals surface area contributed by atoms with Crippen LogP contribution in [0.5, 0.6) is 0 Å². The van der Waals surface area contributed by atoms with E-state index >= 15 is 0 Å². The number of carbonyl (C=O) groups excluding carboxylic acids is 6. The molecular weight excluding hydrogens is 1260 g/mol. The van der Waals surface area contributed by atoms with Gasteiger partial charge in [-0.1, -0.05) is 54.6 Å². The lowest BCUT2D eigenvalue weighted by Crippen LogP contribution is -2.53. The van der Waals surface area contributed by atoms with Gasteiger partial charge in [-0.15, -0.1) is 0 Å². The number of hydrogen-bond donors (Lipinski definition) is 12. The van der Waals surface area contributed by atoms with Gasteiger partial charge in [-0.2, -0.15) is 0 Å². The Morgan fingerprint density at radius 1 is 0.500 bits per heavy atom. The number of unbranched alkanes of at least 4 members (excludes halogenated alkanes) is 1. The predicted molar refractivity (Wildman–Crippen MR) is 325 cm³/mol. The molecule has 1 saturated heterocycles. The van der Waals surface area contributed by atoms with E-state index in [0.717, 1.165) is 25.5 Å². The van der Waals surface area contributed by atoms with Gasteiger partial charge in [-0.25, -0.2) is 14.4 Å². The van der Waals surface area contributed by atoms with Crippen LogP contribution < -0.4 is 31.9 Å². The van der Waals surface area contributed by atoms with Crippen molar-refractivity contribution in [3.05, 3.63) is 81.4 Å². The number of urea groups is 1. The summed E-state index contributed by atoms with van der Waals surface area (Å²) in [5, 5.41) is 74.5. The van der Waals surface area contributed by atoms with E-state index < -0.39 is 108 Å². The van der Waals surface area contributed by atoms with Gasteiger partial charge >= 0.3 is 41.8 Å². The van der Waals surface area contributed by atoms with Gasteiger partial charge in [0.1, 0.15) is 24.2 Å². The quantitative estimate of drug-likeness (QED) is 0.0230. The van der Waals surface area contributed by atoms with Crippen molar-refractivity contribution in [2.75, 3.05) is 91.6 Å². The molecule has 88 heavy (non-hydrogen) atoms. The van der Waals surface area contributed by atoms with Gasteiger partial charge in [0, 0.05) is 94.2 Å². The lowest BCUT2D eigenvalue weighted by atomic mass is 9.81. The third kappa shape index (κ3) is 25.8. The Bertz CT molecular complexity index is 2900. The number of amides is 6. The molecule has 2 fully saturated rings. The minimum absolute atomic E-state index is 0.0347. The fourth-order valence-electron chi connectivity index (χ4n) is 10.5. The molecule has 3 aromatic rings. The zero-order valence-electron chi connectivity index (χ0n) is 48.7. The standard InChI is InChI=1S/C59H79IN10O18/c60-43-16-11-37(12-17-43)30-46(63-48(71)33-67-21-23-68(34-50(74)75)25-27-70(36-52(78)79)28-26-69(24-22-67)35-51(76)77)56(83)62-32-38-8-14-41(15-9-38)54(81)64-47(31-39-10-13-40-5-1-2-6-42(40)29-39)55(82)61-20-4-3-7-45(57(84)85)66-59(88)65-44(18-19-49(72)73)53(80)58(86)87/h1-2,5-6,10-13,16-17,29,38,41,44-47H,3-4,7-9,14-15,18-28,30-36H2,(H,61,82)(H,62,83)(H,63,71)(H,64,81)(H,72,73)(H,74,75)(H,76,77)(H,78,79)(H,84,85)(H,86,87)(H2,65,66,88)/t38-,41-,44-,45-,46-,47-/m0/s1. The van der Waals surface area contributed by atoms with E-state index in [-0.39, 0.29) is 136 Å². The highest BCUT2D eigenvalue weighted by Crippen LogP contribution is 2.29. The molecule has 2 aliphatic rings. The molecule has 29 heteroatoms. The first-order valence-corrected chi connectivity index (χ1v) is 30.2. The molecule has 0 spiro atoms. The molecule has 5 rings (SSSR count). The minimum atomic E-state index is -1.91. The summed E-state index contributed by atoms with van der Waals surface area (Å²) in [6, 6.07) is 14.4. The molecule has 0 aromatic heterocycles. The molecule has 0 unspecified atom stereocenters. The number of nitrogens with zero attached hydrogens (tertiary/aromatic N) is 4. The topological polar surface area (TPSA) is 411 Å². The van der Waals surface area contributed by atoms with E-state index in [0.29, 0.717) is 25.7 Å². The van der Waals surface area contributed by atoms with Crippen molar-refractivity contribution < 1.29 is 88.2 Å². The van der Waals surface area contributed by atoms with Crippen molar-refractivity contribution in [1.29, 1.82) is 0 Å². The van der Waals surface area contributed by atoms with Crippen molar-refractivity contribution in [1.82, 2.24) is 51.5 Å². The van der Waals surface area contributed by atoms with E-state index in [4.69, 9.17) is 10.2 Å². The molecule has 1 saturated carbocycles. The van der Waals surface area contributed by atoms with Crippen molar-refractivity contribution in [3.63, 3.8) is 0 Å². The van der Waals surface area contributed by atoms with Crippen LogP contribution in [0.1, 0.15) is 68.9 Å². The van der Waals surface area contributed by atoms with E-state index in [1.54, 1.807) is 19.6 Å². The molecule has 3 aromatic carbocycles. The van der Waals surface area contributed by atoms with Gasteiger partial charge in [0.2, 0.25) is 23.6 Å². The Morgan fingerprint density at radius 2 is 1.00 bits per heavy atom. The monoisotopic (exact) mass is 1340 g/mol. The highest BCUT2D eigenvalue weighted by molar-refractivity contribution is 14.1. The van der Waals surface area contributed by atoms with Crippen molar-refractivity contribution in [3.8, 4) is 0 Å². The number of fused-ring (bicyclic) bond motifs is 1. The number of benzene rings is 3. The molecule has 1 heterocycles. The SMILES string of the molecule is O=C(O)CC[C@H](NC(=O)N[C@@H](CCCCNC(=O)[C@H](Cc1ccc2ccccc2c1)NC(=O)[C@H]1CC[C@H](CNC(=O)[C@H](Cc2ccc(I)cc2)NC(=O)CN2CCN(CC(=O)O)CCN(CC(=O)O)CCN(CC(=O)O)CC2)CC1)C(=O)O)C(=O)C(=O)O. The number of ketones is 1. The molecule has 12 N–H and O–H groups in total. The third-order valence-corrected chi connectivity index (χ3v) is 16.1.